The number of nitrogens with one attached hydrogen (secondary N) is 2. The summed E-state index contributed by atoms with van der Waals surface area (Å²) in [5.74, 6) is -1.14. The molecule has 6 rings (SSSR count). The van der Waals surface area contributed by atoms with Crippen LogP contribution in [0, 0.1) is 28.1 Å². The molecule has 0 saturated heterocycles. The number of benzene rings is 4. The number of nitrogens with zero attached hydrogens (tertiary/aromatic N) is 4. The van der Waals surface area contributed by atoms with Gasteiger partial charge in [0.1, 0.15) is 21.4 Å². The number of anilines is 4. The van der Waals surface area contributed by atoms with Crippen LogP contribution in [0.25, 0.3) is 11.4 Å². The van der Waals surface area contributed by atoms with Crippen molar-refractivity contribution >= 4 is 103 Å². The number of carbonyl (C=O) groups is 2. The van der Waals surface area contributed by atoms with Gasteiger partial charge in [-0.05, 0) is 97.2 Å². The van der Waals surface area contributed by atoms with Crippen LogP contribution in [0.15, 0.2) is 107 Å². The second-order valence-electron chi connectivity index (χ2n) is 10.8. The predicted molar refractivity (Wildman–Crippen MR) is 205 cm³/mol. The van der Waals surface area contributed by atoms with E-state index in [1.165, 1.54) is 106 Å². The molecule has 6 aromatic rings. The fourth-order valence-electron chi connectivity index (χ4n) is 4.98. The van der Waals surface area contributed by atoms with Crippen molar-refractivity contribution in [3.8, 4) is 11.4 Å². The van der Waals surface area contributed by atoms with Crippen LogP contribution in [0.5, 0.6) is 0 Å². The zero-order chi connectivity index (χ0) is 38.2. The highest BCUT2D eigenvalue weighted by molar-refractivity contribution is 7.91. The van der Waals surface area contributed by atoms with E-state index in [9.17, 15) is 38.2 Å². The summed E-state index contributed by atoms with van der Waals surface area (Å²) < 4.78 is 30.1. The first-order chi connectivity index (χ1) is 25.1. The van der Waals surface area contributed by atoms with Gasteiger partial charge < -0.3 is 22.1 Å². The maximum atomic E-state index is 13.4. The lowest BCUT2D eigenvalue weighted by Gasteiger charge is -2.10. The van der Waals surface area contributed by atoms with E-state index in [-0.39, 0.29) is 61.8 Å². The van der Waals surface area contributed by atoms with Crippen molar-refractivity contribution in [2.45, 2.75) is 9.79 Å². The molecule has 0 radical (unpaired) electrons. The van der Waals surface area contributed by atoms with Crippen molar-refractivity contribution in [1.82, 2.24) is 9.13 Å². The van der Waals surface area contributed by atoms with E-state index in [0.29, 0.717) is 11.4 Å². The van der Waals surface area contributed by atoms with E-state index in [4.69, 9.17) is 35.9 Å². The van der Waals surface area contributed by atoms with Gasteiger partial charge in [0.15, 0.2) is 7.91 Å². The average molecular weight is 807 g/mol. The van der Waals surface area contributed by atoms with Gasteiger partial charge in [-0.3, -0.25) is 39.0 Å². The zero-order valence-electron chi connectivity index (χ0n) is 26.5. The number of sulfone groups is 1. The summed E-state index contributed by atoms with van der Waals surface area (Å²) in [5.41, 5.74) is 13.6. The molecular weight excluding hydrogens is 785 g/mol. The Hall–Kier alpha value is -6.13. The number of nitro groups is 2. The van der Waals surface area contributed by atoms with Crippen LogP contribution in [0.3, 0.4) is 0 Å². The third-order valence-electron chi connectivity index (χ3n) is 7.59. The van der Waals surface area contributed by atoms with Crippen LogP contribution in [-0.2, 0) is 9.84 Å². The first-order valence-electron chi connectivity index (χ1n) is 14.8. The second kappa shape index (κ2) is 14.5. The molecule has 0 unspecified atom stereocenters. The Balaban J connectivity index is 1.12. The van der Waals surface area contributed by atoms with Crippen molar-refractivity contribution in [1.29, 1.82) is 0 Å². The van der Waals surface area contributed by atoms with Crippen LogP contribution in [0.2, 0.25) is 0 Å². The molecule has 2 aromatic heterocycles. The Kier molecular flexibility index (Phi) is 10.0. The summed E-state index contributed by atoms with van der Waals surface area (Å²) in [7, 11) is -4.01. The Labute approximate surface area is 316 Å². The van der Waals surface area contributed by atoms with E-state index < -0.39 is 31.5 Å². The lowest BCUT2D eigenvalue weighted by molar-refractivity contribution is -0.385. The largest absolute Gasteiger partial charge is 0.383 e. The molecule has 0 atom stereocenters. The summed E-state index contributed by atoms with van der Waals surface area (Å²) in [4.78, 5) is 47.1. The van der Waals surface area contributed by atoms with E-state index in [2.05, 4.69) is 10.6 Å². The molecular formula is C32H22N8O8S5. The van der Waals surface area contributed by atoms with Gasteiger partial charge in [0.05, 0.1) is 19.6 Å². The summed E-state index contributed by atoms with van der Waals surface area (Å²) in [5, 5.41) is 27.3. The van der Waals surface area contributed by atoms with Crippen molar-refractivity contribution in [3.63, 3.8) is 0 Å². The number of nitro benzene ring substituents is 2. The highest BCUT2D eigenvalue weighted by Crippen LogP contribution is 2.31. The number of aromatic nitrogens is 2. The zero-order valence-corrected chi connectivity index (χ0v) is 30.6. The van der Waals surface area contributed by atoms with Gasteiger partial charge >= 0.3 is 0 Å². The van der Waals surface area contributed by atoms with Crippen molar-refractivity contribution < 1.29 is 27.9 Å². The van der Waals surface area contributed by atoms with Crippen molar-refractivity contribution in [2.24, 2.45) is 0 Å². The van der Waals surface area contributed by atoms with Crippen LogP contribution < -0.4 is 22.1 Å². The third kappa shape index (κ3) is 7.31. The standard InChI is InChI=1S/C32H22N8O8S5/c33-27-25(51-31(49)37(27)19-5-9-21(10-6-19)39(43)44)29(41)35-17-1-13-23(14-2-17)53(47,48)24-15-3-18(4-16-24)36-30(42)26-28(34)38(32(50)52-26)20-7-11-22(12-8-20)40(45)46/h1-16H,33-34H2,(H,35,41)(H,36,42). The lowest BCUT2D eigenvalue weighted by atomic mass is 10.3. The van der Waals surface area contributed by atoms with Gasteiger partial charge in [-0.2, -0.15) is 0 Å². The topological polar surface area (TPSA) is 241 Å². The minimum Gasteiger partial charge on any atom is -0.383 e. The first-order valence-corrected chi connectivity index (χ1v) is 18.7. The van der Waals surface area contributed by atoms with Gasteiger partial charge in [-0.25, -0.2) is 8.42 Å². The van der Waals surface area contributed by atoms with E-state index in [1.807, 2.05) is 0 Å². The number of rotatable bonds is 10. The fraction of sp³-hybridized carbons (Fsp3) is 0. The number of thiazole rings is 2. The average Bonchev–Trinajstić information content (AvgIpc) is 3.61. The molecule has 21 heteroatoms. The summed E-state index contributed by atoms with van der Waals surface area (Å²) in [6.45, 7) is 0. The number of nitrogen functional groups attached to an aromatic ring is 2. The van der Waals surface area contributed by atoms with E-state index in [0.717, 1.165) is 22.7 Å². The number of carbonyl (C=O) groups excluding carboxylic acids is 2. The molecule has 0 aliphatic heterocycles. The van der Waals surface area contributed by atoms with Crippen LogP contribution in [0.1, 0.15) is 19.3 Å². The molecule has 0 bridgehead atoms. The lowest BCUT2D eigenvalue weighted by Crippen LogP contribution is -2.14. The summed E-state index contributed by atoms with van der Waals surface area (Å²) >= 11 is 12.6. The smallest absolute Gasteiger partial charge is 0.269 e. The normalized spacial score (nSPS) is 11.2. The van der Waals surface area contributed by atoms with E-state index >= 15 is 0 Å². The van der Waals surface area contributed by atoms with Crippen LogP contribution in [0.4, 0.5) is 34.4 Å². The Morgan fingerprint density at radius 1 is 0.604 bits per heavy atom. The molecule has 0 spiro atoms. The maximum Gasteiger partial charge on any atom is 0.269 e. The molecule has 6 N–H and O–H groups in total. The minimum atomic E-state index is -4.01. The van der Waals surface area contributed by atoms with Gasteiger partial charge in [-0.15, -0.1) is 0 Å². The number of non-ortho nitro benzene ring substituents is 2. The molecule has 0 aliphatic rings. The number of nitrogens with two attached hydrogens (primary N) is 2. The predicted octanol–water partition coefficient (Wildman–Crippen LogP) is 7.17. The fourth-order valence-corrected chi connectivity index (χ4v) is 8.77. The molecule has 0 saturated carbocycles. The van der Waals surface area contributed by atoms with Crippen LogP contribution >= 0.6 is 47.1 Å². The molecule has 268 valence electrons. The Morgan fingerprint density at radius 3 is 1.23 bits per heavy atom. The van der Waals surface area contributed by atoms with Crippen LogP contribution in [-0.4, -0.2) is 39.2 Å². The minimum absolute atomic E-state index is 0.0278. The molecule has 4 aromatic carbocycles. The van der Waals surface area contributed by atoms with Gasteiger partial charge in [0.25, 0.3) is 23.2 Å². The summed E-state index contributed by atoms with van der Waals surface area (Å²) in [6.07, 6.45) is 0. The van der Waals surface area contributed by atoms with Gasteiger partial charge in [0.2, 0.25) is 9.84 Å². The molecule has 53 heavy (non-hydrogen) atoms. The molecule has 0 fully saturated rings. The van der Waals surface area contributed by atoms with Crippen molar-refractivity contribution in [2.75, 3.05) is 22.1 Å². The highest BCUT2D eigenvalue weighted by atomic mass is 32.2. The van der Waals surface area contributed by atoms with Gasteiger partial charge in [0, 0.05) is 47.0 Å². The molecule has 2 amide bonds. The monoisotopic (exact) mass is 806 g/mol. The number of hydrogen-bond donors (Lipinski definition) is 4. The third-order valence-corrected chi connectivity index (χ3v) is 12.1. The SMILES string of the molecule is Nc1c(C(=O)Nc2ccc(S(=O)(=O)c3ccc(NC(=O)c4sc(=S)n(-c5ccc([N+](=O)[O-])cc5)c4N)cc3)cc2)sc(=S)n1-c1ccc([N+](=O)[O-])cc1. The Morgan fingerprint density at radius 2 is 0.925 bits per heavy atom. The molecule has 0 aliphatic carbocycles. The maximum absolute atomic E-state index is 13.4. The number of amides is 2. The van der Waals surface area contributed by atoms with Crippen molar-refractivity contribution in [3.05, 3.63) is 135 Å². The van der Waals surface area contributed by atoms with E-state index in [1.54, 1.807) is 0 Å². The number of hydrogen-bond acceptors (Lipinski definition) is 14. The molecule has 2 heterocycles. The Bertz CT molecular complexity index is 2490. The first kappa shape index (κ1) is 36.7. The molecule has 16 nitrogen and oxygen atoms in total. The quantitative estimate of drug-likeness (QED) is 0.0612. The highest BCUT2D eigenvalue weighted by Gasteiger charge is 2.22. The summed E-state index contributed by atoms with van der Waals surface area (Å²) in [6, 6.07) is 21.9. The second-order valence-corrected chi connectivity index (χ2v) is 16.1. The van der Waals surface area contributed by atoms with Gasteiger partial charge in [-0.1, -0.05) is 22.7 Å².